The molecule has 1 amide bonds. The molecule has 0 aliphatic carbocycles. The first-order valence-corrected chi connectivity index (χ1v) is 10.2. The molecule has 1 heterocycles. The Morgan fingerprint density at radius 3 is 2.72 bits per heavy atom. The largest absolute Gasteiger partial charge is 0.493 e. The number of nitrogens with one attached hydrogen (secondary N) is 1. The van der Waals surface area contributed by atoms with Crippen LogP contribution in [0.2, 0.25) is 10.0 Å². The SMILES string of the molecule is COc1cc(C(=O)NC(C)c2cc(F)c(Cl)cc2Cl)ccc1OCc1cscn1. The Hall–Kier alpha value is -2.35. The van der Waals surface area contributed by atoms with E-state index in [0.717, 1.165) is 5.69 Å². The number of methoxy groups -OCH3 is 1. The number of benzene rings is 2. The van der Waals surface area contributed by atoms with Crippen molar-refractivity contribution in [3.63, 3.8) is 0 Å². The van der Waals surface area contributed by atoms with E-state index in [4.69, 9.17) is 32.7 Å². The maximum atomic E-state index is 13.8. The van der Waals surface area contributed by atoms with Crippen LogP contribution in [0.15, 0.2) is 41.2 Å². The molecule has 0 spiro atoms. The van der Waals surface area contributed by atoms with Gasteiger partial charge in [-0.1, -0.05) is 23.2 Å². The van der Waals surface area contributed by atoms with Crippen molar-refractivity contribution in [2.45, 2.75) is 19.6 Å². The molecule has 0 aliphatic heterocycles. The lowest BCUT2D eigenvalue weighted by Gasteiger charge is -2.17. The van der Waals surface area contributed by atoms with Crippen molar-refractivity contribution in [1.29, 1.82) is 0 Å². The highest BCUT2D eigenvalue weighted by Gasteiger charge is 2.18. The minimum Gasteiger partial charge on any atom is -0.493 e. The maximum Gasteiger partial charge on any atom is 0.251 e. The topological polar surface area (TPSA) is 60.5 Å². The van der Waals surface area contributed by atoms with Gasteiger partial charge in [0, 0.05) is 16.0 Å². The lowest BCUT2D eigenvalue weighted by molar-refractivity contribution is 0.0939. The van der Waals surface area contributed by atoms with Crippen LogP contribution in [0.25, 0.3) is 0 Å². The van der Waals surface area contributed by atoms with Crippen molar-refractivity contribution >= 4 is 40.4 Å². The van der Waals surface area contributed by atoms with Gasteiger partial charge in [-0.3, -0.25) is 4.79 Å². The number of carbonyl (C=O) groups is 1. The van der Waals surface area contributed by atoms with Gasteiger partial charge in [-0.15, -0.1) is 11.3 Å². The Labute approximate surface area is 181 Å². The van der Waals surface area contributed by atoms with Crippen molar-refractivity contribution in [2.75, 3.05) is 7.11 Å². The number of halogens is 3. The second-order valence-electron chi connectivity index (χ2n) is 6.12. The predicted octanol–water partition coefficient (Wildman–Crippen LogP) is 5.67. The second kappa shape index (κ2) is 9.43. The standard InChI is InChI=1S/C20H17Cl2FN2O3S/c1-11(14-6-17(23)16(22)7-15(14)21)25-20(26)12-3-4-18(19(5-12)27-2)28-8-13-9-29-10-24-13/h3-7,9-11H,8H2,1-2H3,(H,25,26). The number of hydrogen-bond donors (Lipinski definition) is 1. The summed E-state index contributed by atoms with van der Waals surface area (Å²) in [4.78, 5) is 16.8. The van der Waals surface area contributed by atoms with Gasteiger partial charge < -0.3 is 14.8 Å². The monoisotopic (exact) mass is 454 g/mol. The van der Waals surface area contributed by atoms with E-state index >= 15 is 0 Å². The van der Waals surface area contributed by atoms with Gasteiger partial charge in [0.1, 0.15) is 12.4 Å². The molecule has 0 saturated carbocycles. The molecule has 0 radical (unpaired) electrons. The number of hydrogen-bond acceptors (Lipinski definition) is 5. The summed E-state index contributed by atoms with van der Waals surface area (Å²) in [5, 5.41) is 4.87. The molecule has 1 atom stereocenters. The molecule has 152 valence electrons. The van der Waals surface area contributed by atoms with Gasteiger partial charge in [0.15, 0.2) is 11.5 Å². The molecule has 2 aromatic carbocycles. The molecular formula is C20H17Cl2FN2O3S. The van der Waals surface area contributed by atoms with Gasteiger partial charge in [-0.25, -0.2) is 9.37 Å². The van der Waals surface area contributed by atoms with Crippen LogP contribution in [-0.4, -0.2) is 18.0 Å². The number of thiazole rings is 1. The minimum atomic E-state index is -0.601. The van der Waals surface area contributed by atoms with E-state index in [1.54, 1.807) is 30.6 Å². The minimum absolute atomic E-state index is 0.0738. The third kappa shape index (κ3) is 5.18. The second-order valence-corrected chi connectivity index (χ2v) is 7.65. The van der Waals surface area contributed by atoms with Crippen LogP contribution in [0.5, 0.6) is 11.5 Å². The lowest BCUT2D eigenvalue weighted by Crippen LogP contribution is -2.27. The Morgan fingerprint density at radius 2 is 2.03 bits per heavy atom. The number of rotatable bonds is 7. The highest BCUT2D eigenvalue weighted by atomic mass is 35.5. The molecule has 29 heavy (non-hydrogen) atoms. The fourth-order valence-electron chi connectivity index (χ4n) is 2.62. The molecule has 1 unspecified atom stereocenters. The summed E-state index contributed by atoms with van der Waals surface area (Å²) in [6, 6.07) is 6.83. The molecule has 0 saturated heterocycles. The summed E-state index contributed by atoms with van der Waals surface area (Å²) >= 11 is 13.3. The molecule has 1 N–H and O–H groups in total. The first-order chi connectivity index (χ1) is 13.9. The molecule has 5 nitrogen and oxygen atoms in total. The molecule has 3 aromatic rings. The predicted molar refractivity (Wildman–Crippen MR) is 112 cm³/mol. The van der Waals surface area contributed by atoms with Gasteiger partial charge in [-0.2, -0.15) is 0 Å². The maximum absolute atomic E-state index is 13.8. The van der Waals surface area contributed by atoms with E-state index in [1.807, 2.05) is 5.38 Å². The van der Waals surface area contributed by atoms with Crippen LogP contribution < -0.4 is 14.8 Å². The summed E-state index contributed by atoms with van der Waals surface area (Å²) < 4.78 is 24.8. The number of ether oxygens (including phenoxy) is 2. The van der Waals surface area contributed by atoms with E-state index in [9.17, 15) is 9.18 Å². The van der Waals surface area contributed by atoms with Gasteiger partial charge in [0.05, 0.1) is 29.4 Å². The van der Waals surface area contributed by atoms with E-state index in [1.165, 1.54) is 30.6 Å². The third-order valence-corrected chi connectivity index (χ3v) is 5.39. The van der Waals surface area contributed by atoms with Crippen molar-refractivity contribution in [3.05, 3.63) is 73.9 Å². The lowest BCUT2D eigenvalue weighted by atomic mass is 10.1. The number of aromatic nitrogens is 1. The van der Waals surface area contributed by atoms with Crippen molar-refractivity contribution in [1.82, 2.24) is 10.3 Å². The number of amides is 1. The molecule has 0 aliphatic rings. The average molecular weight is 455 g/mol. The van der Waals surface area contributed by atoms with Crippen LogP contribution in [0.4, 0.5) is 4.39 Å². The quantitative estimate of drug-likeness (QED) is 0.467. The van der Waals surface area contributed by atoms with Gasteiger partial charge in [-0.05, 0) is 42.8 Å². The van der Waals surface area contributed by atoms with Gasteiger partial charge in [0.2, 0.25) is 0 Å². The van der Waals surface area contributed by atoms with Crippen LogP contribution in [0, 0.1) is 5.82 Å². The first-order valence-electron chi connectivity index (χ1n) is 8.52. The molecule has 0 fully saturated rings. The van der Waals surface area contributed by atoms with Crippen LogP contribution in [-0.2, 0) is 6.61 Å². The third-order valence-electron chi connectivity index (χ3n) is 4.14. The Kier molecular flexibility index (Phi) is 6.95. The van der Waals surface area contributed by atoms with Crippen molar-refractivity contribution in [2.24, 2.45) is 0 Å². The van der Waals surface area contributed by atoms with Gasteiger partial charge >= 0.3 is 0 Å². The Morgan fingerprint density at radius 1 is 1.24 bits per heavy atom. The Balaban J connectivity index is 1.72. The first kappa shape index (κ1) is 21.4. The highest BCUT2D eigenvalue weighted by molar-refractivity contribution is 7.07. The molecule has 3 rings (SSSR count). The highest BCUT2D eigenvalue weighted by Crippen LogP contribution is 2.31. The van der Waals surface area contributed by atoms with Crippen LogP contribution in [0.1, 0.15) is 34.6 Å². The van der Waals surface area contributed by atoms with E-state index in [2.05, 4.69) is 10.3 Å². The van der Waals surface area contributed by atoms with Gasteiger partial charge in [0.25, 0.3) is 5.91 Å². The number of carbonyl (C=O) groups excluding carboxylic acids is 1. The summed E-state index contributed by atoms with van der Waals surface area (Å²) in [6.45, 7) is 2.00. The van der Waals surface area contributed by atoms with E-state index in [0.29, 0.717) is 29.2 Å². The fraction of sp³-hybridized carbons (Fsp3) is 0.200. The summed E-state index contributed by atoms with van der Waals surface area (Å²) in [5.41, 5.74) is 3.32. The smallest absolute Gasteiger partial charge is 0.251 e. The van der Waals surface area contributed by atoms with Crippen LogP contribution >= 0.6 is 34.5 Å². The Bertz CT molecular complexity index is 1020. The zero-order valence-corrected chi connectivity index (χ0v) is 17.9. The molecule has 1 aromatic heterocycles. The normalized spacial score (nSPS) is 11.8. The van der Waals surface area contributed by atoms with Crippen molar-refractivity contribution < 1.29 is 18.7 Å². The average Bonchev–Trinajstić information content (AvgIpc) is 3.22. The molecule has 9 heteroatoms. The fourth-order valence-corrected chi connectivity index (χ4v) is 3.71. The summed E-state index contributed by atoms with van der Waals surface area (Å²) in [6.07, 6.45) is 0. The molecular weight excluding hydrogens is 438 g/mol. The number of nitrogens with zero attached hydrogens (tertiary/aromatic N) is 1. The van der Waals surface area contributed by atoms with E-state index < -0.39 is 11.9 Å². The zero-order valence-electron chi connectivity index (χ0n) is 15.5. The zero-order chi connectivity index (χ0) is 21.0. The molecule has 0 bridgehead atoms. The van der Waals surface area contributed by atoms with Crippen LogP contribution in [0.3, 0.4) is 0 Å². The van der Waals surface area contributed by atoms with Crippen molar-refractivity contribution in [3.8, 4) is 11.5 Å². The summed E-state index contributed by atoms with van der Waals surface area (Å²) in [7, 11) is 1.49. The summed E-state index contributed by atoms with van der Waals surface area (Å²) in [5.74, 6) is -0.0623. The van der Waals surface area contributed by atoms with E-state index in [-0.39, 0.29) is 16.0 Å².